The van der Waals surface area contributed by atoms with E-state index in [0.29, 0.717) is 70.0 Å². The van der Waals surface area contributed by atoms with E-state index in [1.807, 2.05) is 0 Å². The van der Waals surface area contributed by atoms with Crippen LogP contribution in [0.4, 0.5) is 15.3 Å². The van der Waals surface area contributed by atoms with Gasteiger partial charge in [0, 0.05) is 63.3 Å². The Morgan fingerprint density at radius 1 is 0.815 bits per heavy atom. The molecule has 0 saturated heterocycles. The summed E-state index contributed by atoms with van der Waals surface area (Å²) in [4.78, 5) is 87.5. The number of hydrogen-bond donors (Lipinski definition) is 5. The maximum absolute atomic E-state index is 13.5. The third-order valence-electron chi connectivity index (χ3n) is 8.27. The lowest BCUT2D eigenvalue weighted by atomic mass is 9.89. The van der Waals surface area contributed by atoms with E-state index in [1.54, 1.807) is 45.2 Å². The highest BCUT2D eigenvalue weighted by atomic mass is 16.6. The molecule has 0 unspecified atom stereocenters. The number of alkyl carbamates (subject to hydrolysis) is 1. The molecule has 17 nitrogen and oxygen atoms in total. The van der Waals surface area contributed by atoms with Gasteiger partial charge >= 0.3 is 12.1 Å². The first-order valence-corrected chi connectivity index (χ1v) is 18.2. The van der Waals surface area contributed by atoms with E-state index in [0.717, 1.165) is 4.90 Å². The largest absolute Gasteiger partial charge is 0.445 e. The molecule has 7 amide bonds. The zero-order valence-corrected chi connectivity index (χ0v) is 31.5. The summed E-state index contributed by atoms with van der Waals surface area (Å²) in [6.45, 7) is 6.48. The highest BCUT2D eigenvalue weighted by Gasteiger charge is 2.29. The zero-order valence-electron chi connectivity index (χ0n) is 31.5. The predicted molar refractivity (Wildman–Crippen MR) is 198 cm³/mol. The fraction of sp³-hybridized carbons (Fsp3) is 0.595. The van der Waals surface area contributed by atoms with Crippen molar-refractivity contribution < 1.29 is 52.5 Å². The summed E-state index contributed by atoms with van der Waals surface area (Å²) in [6.07, 6.45) is 4.19. The molecule has 1 aromatic carbocycles. The summed E-state index contributed by atoms with van der Waals surface area (Å²) in [6, 6.07) is 5.17. The molecule has 0 radical (unpaired) electrons. The highest BCUT2D eigenvalue weighted by molar-refractivity contribution is 6.12. The number of hydrogen-bond acceptors (Lipinski definition) is 11. The Bertz CT molecular complexity index is 1380. The summed E-state index contributed by atoms with van der Waals surface area (Å²) in [5.41, 5.74) is 6.31. The van der Waals surface area contributed by atoms with Crippen molar-refractivity contribution in [3.05, 3.63) is 42.0 Å². The lowest BCUT2D eigenvalue weighted by molar-refractivity contribution is -0.137. The minimum atomic E-state index is -0.822. The van der Waals surface area contributed by atoms with E-state index < -0.39 is 30.0 Å². The molecule has 17 heteroatoms. The number of nitrogens with one attached hydrogen (secondary N) is 4. The Morgan fingerprint density at radius 2 is 1.48 bits per heavy atom. The molecule has 1 aliphatic rings. The first-order chi connectivity index (χ1) is 25.9. The van der Waals surface area contributed by atoms with Crippen LogP contribution in [0.3, 0.4) is 0 Å². The number of carbonyl (C=O) groups is 7. The van der Waals surface area contributed by atoms with Crippen molar-refractivity contribution in [3.63, 3.8) is 0 Å². The summed E-state index contributed by atoms with van der Waals surface area (Å²) < 4.78 is 20.8. The van der Waals surface area contributed by atoms with Crippen LogP contribution in [-0.4, -0.2) is 112 Å². The van der Waals surface area contributed by atoms with Crippen LogP contribution < -0.4 is 27.0 Å². The lowest BCUT2D eigenvalue weighted by Gasteiger charge is -2.24. The number of ketones is 1. The van der Waals surface area contributed by atoms with Crippen LogP contribution >= 0.6 is 0 Å². The summed E-state index contributed by atoms with van der Waals surface area (Å²) in [7, 11) is 1.59. The molecule has 300 valence electrons. The molecule has 2 rings (SSSR count). The fourth-order valence-corrected chi connectivity index (χ4v) is 5.32. The molecule has 0 saturated carbocycles. The van der Waals surface area contributed by atoms with E-state index in [9.17, 15) is 33.6 Å². The first-order valence-electron chi connectivity index (χ1n) is 18.2. The number of rotatable bonds is 28. The second kappa shape index (κ2) is 26.0. The van der Waals surface area contributed by atoms with Crippen molar-refractivity contribution in [3.8, 4) is 0 Å². The number of nitrogens with zero attached hydrogens (tertiary/aromatic N) is 1. The average Bonchev–Trinajstić information content (AvgIpc) is 3.46. The molecule has 0 aromatic heterocycles. The van der Waals surface area contributed by atoms with Gasteiger partial charge in [0.25, 0.3) is 11.8 Å². The molecule has 0 spiro atoms. The summed E-state index contributed by atoms with van der Waals surface area (Å²) in [5, 5.41) is 10.7. The molecule has 6 N–H and O–H groups in total. The molecule has 1 heterocycles. The predicted octanol–water partition coefficient (Wildman–Crippen LogP) is 2.18. The van der Waals surface area contributed by atoms with E-state index in [-0.39, 0.29) is 74.9 Å². The smallest absolute Gasteiger partial charge is 0.407 e. The fourth-order valence-electron chi connectivity index (χ4n) is 5.32. The van der Waals surface area contributed by atoms with Gasteiger partial charge in [-0.15, -0.1) is 0 Å². The quantitative estimate of drug-likeness (QED) is 0.0614. The maximum atomic E-state index is 13.5. The van der Waals surface area contributed by atoms with Gasteiger partial charge in [0.05, 0.1) is 39.1 Å². The van der Waals surface area contributed by atoms with Crippen molar-refractivity contribution in [2.45, 2.75) is 71.4 Å². The average molecular weight is 761 g/mol. The third kappa shape index (κ3) is 18.8. The molecule has 1 aliphatic heterocycles. The second-order valence-electron chi connectivity index (χ2n) is 13.0. The number of methoxy groups -OCH3 is 1. The Balaban J connectivity index is 1.84. The van der Waals surface area contributed by atoms with Crippen molar-refractivity contribution in [2.24, 2.45) is 17.6 Å². The number of unbranched alkanes of at least 4 members (excludes halogenated alkanes) is 2. The van der Waals surface area contributed by atoms with Gasteiger partial charge in [0.2, 0.25) is 11.8 Å². The number of imide groups is 1. The van der Waals surface area contributed by atoms with Gasteiger partial charge in [-0.2, -0.15) is 0 Å². The van der Waals surface area contributed by atoms with Gasteiger partial charge < -0.3 is 45.9 Å². The van der Waals surface area contributed by atoms with Crippen LogP contribution in [0.5, 0.6) is 0 Å². The third-order valence-corrected chi connectivity index (χ3v) is 8.27. The topological polar surface area (TPSA) is 234 Å². The number of ether oxygens (including phenoxy) is 4. The van der Waals surface area contributed by atoms with E-state index in [4.69, 9.17) is 24.7 Å². The summed E-state index contributed by atoms with van der Waals surface area (Å²) >= 11 is 0. The Labute approximate surface area is 316 Å². The first kappa shape index (κ1) is 45.3. The van der Waals surface area contributed by atoms with Gasteiger partial charge in [0.1, 0.15) is 6.61 Å². The van der Waals surface area contributed by atoms with E-state index >= 15 is 0 Å². The number of amides is 7. The molecule has 0 aliphatic carbocycles. The van der Waals surface area contributed by atoms with Crippen molar-refractivity contribution in [1.29, 1.82) is 0 Å². The number of primary amides is 1. The summed E-state index contributed by atoms with van der Waals surface area (Å²) in [5.74, 6) is -2.72. The van der Waals surface area contributed by atoms with Gasteiger partial charge in [-0.05, 0) is 49.3 Å². The Hall–Kier alpha value is -4.87. The lowest BCUT2D eigenvalue weighted by Crippen LogP contribution is -2.45. The van der Waals surface area contributed by atoms with E-state index in [1.165, 1.54) is 12.2 Å². The van der Waals surface area contributed by atoms with Gasteiger partial charge in [0.15, 0.2) is 5.78 Å². The van der Waals surface area contributed by atoms with Crippen LogP contribution in [0.2, 0.25) is 0 Å². The van der Waals surface area contributed by atoms with Crippen molar-refractivity contribution >= 4 is 47.2 Å². The standard InChI is InChI=1S/C37H56N6O11/c1-26(2)34(42-31(45)9-5-4-6-18-43-32(46)14-15-33(43)47)30(44)24-28(8-7-16-39-36(38)49)35(48)41-29-12-10-27(11-13-29)25-54-37(50)40-17-19-52-22-23-53-21-20-51-3/h10-15,26,28,34H,4-9,16-25H2,1-3H3,(H,40,50)(H,41,48)(H,42,45)(H3,38,39,49)/t28-,34+/m1/s1. The minimum absolute atomic E-state index is 0.00110. The number of Topliss-reactive ketones (excluding diaryl/α,β-unsaturated/α-hetero) is 1. The molecule has 0 fully saturated rings. The minimum Gasteiger partial charge on any atom is -0.445 e. The van der Waals surface area contributed by atoms with Crippen LogP contribution in [-0.2, 0) is 49.5 Å². The Kier molecular flexibility index (Phi) is 21.8. The van der Waals surface area contributed by atoms with Crippen LogP contribution in [0.25, 0.3) is 0 Å². The van der Waals surface area contributed by atoms with Crippen LogP contribution in [0, 0.1) is 11.8 Å². The SMILES string of the molecule is COCCOCCOCCNC(=O)OCc1ccc(NC(=O)[C@H](CCCNC(N)=O)CC(=O)[C@@H](NC(=O)CCCCCN2C(=O)C=CC2=O)C(C)C)cc1. The van der Waals surface area contributed by atoms with E-state index in [2.05, 4.69) is 21.3 Å². The van der Waals surface area contributed by atoms with Gasteiger partial charge in [-0.3, -0.25) is 28.9 Å². The normalized spacial score (nSPS) is 13.4. The monoisotopic (exact) mass is 760 g/mol. The molecule has 54 heavy (non-hydrogen) atoms. The highest BCUT2D eigenvalue weighted by Crippen LogP contribution is 2.20. The zero-order chi connectivity index (χ0) is 39.7. The van der Waals surface area contributed by atoms with Crippen LogP contribution in [0.1, 0.15) is 64.4 Å². The van der Waals surface area contributed by atoms with Crippen molar-refractivity contribution in [2.75, 3.05) is 65.1 Å². The van der Waals surface area contributed by atoms with Gasteiger partial charge in [-0.1, -0.05) is 32.4 Å². The molecular weight excluding hydrogens is 704 g/mol. The number of benzene rings is 1. The number of carbonyl (C=O) groups excluding carboxylic acids is 7. The van der Waals surface area contributed by atoms with Gasteiger partial charge in [-0.25, -0.2) is 9.59 Å². The molecular formula is C37H56N6O11. The maximum Gasteiger partial charge on any atom is 0.407 e. The molecule has 0 bridgehead atoms. The van der Waals surface area contributed by atoms with Crippen molar-refractivity contribution in [1.82, 2.24) is 20.9 Å². The number of nitrogens with two attached hydrogens (primary N) is 1. The number of urea groups is 1. The second-order valence-corrected chi connectivity index (χ2v) is 13.0. The molecule has 1 aromatic rings. The number of anilines is 1. The van der Waals surface area contributed by atoms with Crippen LogP contribution in [0.15, 0.2) is 36.4 Å². The Morgan fingerprint density at radius 3 is 2.13 bits per heavy atom. The molecule has 2 atom stereocenters.